The molecule has 0 bridgehead atoms. The van der Waals surface area contributed by atoms with Crippen LogP contribution >= 0.6 is 0 Å². The fourth-order valence-electron chi connectivity index (χ4n) is 4.80. The van der Waals surface area contributed by atoms with E-state index >= 15 is 0 Å². The van der Waals surface area contributed by atoms with E-state index in [1.54, 1.807) is 0 Å². The molecular weight excluding hydrogens is 508 g/mol. The van der Waals surface area contributed by atoms with Crippen molar-refractivity contribution in [2.75, 3.05) is 54.4 Å². The molecule has 0 radical (unpaired) electrons. The van der Waals surface area contributed by atoms with Gasteiger partial charge in [-0.2, -0.15) is 0 Å². The lowest BCUT2D eigenvalue weighted by atomic mass is 10.1. The Morgan fingerprint density at radius 1 is 0.385 bits per heavy atom. The molecule has 0 spiro atoms. The first kappa shape index (κ1) is 43.2. The van der Waals surface area contributed by atoms with Gasteiger partial charge in [0.2, 0.25) is 0 Å². The molecule has 0 aromatic heterocycles. The Balaban J connectivity index is -0.000000566. The SMILES string of the molecule is CCCCCCCC[N+](C)(C)CCCCCC.CCCCCCCC[N+](C)(C)CCCCCC.O=S(=O)([O-])[O-]. The van der Waals surface area contributed by atoms with Crippen LogP contribution in [0, 0.1) is 0 Å². The fourth-order valence-corrected chi connectivity index (χ4v) is 4.80. The first-order chi connectivity index (χ1) is 18.2. The van der Waals surface area contributed by atoms with Crippen LogP contribution in [0.3, 0.4) is 0 Å². The van der Waals surface area contributed by atoms with E-state index in [4.69, 9.17) is 17.5 Å². The van der Waals surface area contributed by atoms with Crippen molar-refractivity contribution < 1.29 is 26.5 Å². The Morgan fingerprint density at radius 2 is 0.538 bits per heavy atom. The second-order valence-corrected chi connectivity index (χ2v) is 13.6. The van der Waals surface area contributed by atoms with Crippen LogP contribution in [0.25, 0.3) is 0 Å². The lowest BCUT2D eigenvalue weighted by Gasteiger charge is -2.30. The standard InChI is InChI=1S/2C16H36N.H2O4S/c2*1-5-7-9-11-12-14-16-17(3,4)15-13-10-8-6-2;1-5(2,3)4/h2*5-16H2,1-4H3;(H2,1,2,3,4)/q2*+1;/p-2. The summed E-state index contributed by atoms with van der Waals surface area (Å²) in [6.07, 6.45) is 28.3. The number of quaternary nitrogens is 2. The Labute approximate surface area is 247 Å². The van der Waals surface area contributed by atoms with Crippen molar-refractivity contribution in [1.29, 1.82) is 0 Å². The van der Waals surface area contributed by atoms with Crippen LogP contribution in [0.15, 0.2) is 0 Å². The average Bonchev–Trinajstić information content (AvgIpc) is 2.83. The van der Waals surface area contributed by atoms with Crippen molar-refractivity contribution in [2.24, 2.45) is 0 Å². The van der Waals surface area contributed by atoms with Gasteiger partial charge in [0.1, 0.15) is 0 Å². The second kappa shape index (κ2) is 29.3. The van der Waals surface area contributed by atoms with E-state index in [9.17, 15) is 0 Å². The number of rotatable bonds is 24. The Bertz CT molecular complexity index is 537. The van der Waals surface area contributed by atoms with E-state index in [1.807, 2.05) is 0 Å². The molecule has 0 unspecified atom stereocenters. The van der Waals surface area contributed by atoms with Gasteiger partial charge in [-0.1, -0.05) is 105 Å². The molecule has 6 nitrogen and oxygen atoms in total. The van der Waals surface area contributed by atoms with Crippen LogP contribution in [0.4, 0.5) is 0 Å². The molecule has 39 heavy (non-hydrogen) atoms. The number of unbranched alkanes of at least 4 members (excludes halogenated alkanes) is 16. The van der Waals surface area contributed by atoms with Gasteiger partial charge in [0.25, 0.3) is 0 Å². The topological polar surface area (TPSA) is 80.3 Å². The van der Waals surface area contributed by atoms with E-state index in [1.165, 1.54) is 164 Å². The highest BCUT2D eigenvalue weighted by molar-refractivity contribution is 7.79. The summed E-state index contributed by atoms with van der Waals surface area (Å²) in [6.45, 7) is 14.6. The van der Waals surface area contributed by atoms with Gasteiger partial charge in [0.15, 0.2) is 0 Å². The maximum atomic E-state index is 8.52. The van der Waals surface area contributed by atoms with Gasteiger partial charge in [-0.25, -0.2) is 0 Å². The molecular formula is C32H72N2O4S. The highest BCUT2D eigenvalue weighted by Gasteiger charge is 2.14. The Hall–Kier alpha value is -0.210. The zero-order chi connectivity index (χ0) is 30.5. The molecule has 0 aliphatic heterocycles. The zero-order valence-electron chi connectivity index (χ0n) is 27.9. The van der Waals surface area contributed by atoms with E-state index in [0.29, 0.717) is 0 Å². The molecule has 0 aliphatic carbocycles. The Morgan fingerprint density at radius 3 is 0.744 bits per heavy atom. The normalized spacial score (nSPS) is 11.9. The molecule has 0 aliphatic rings. The lowest BCUT2D eigenvalue weighted by molar-refractivity contribution is -0.890. The first-order valence-electron chi connectivity index (χ1n) is 16.5. The third-order valence-electron chi connectivity index (χ3n) is 7.47. The van der Waals surface area contributed by atoms with E-state index in [-0.39, 0.29) is 0 Å². The van der Waals surface area contributed by atoms with Gasteiger partial charge in [-0.05, 0) is 51.4 Å². The molecule has 0 saturated heterocycles. The molecule has 240 valence electrons. The first-order valence-corrected chi connectivity index (χ1v) is 17.9. The molecule has 0 rings (SSSR count). The fraction of sp³-hybridized carbons (Fsp3) is 1.00. The van der Waals surface area contributed by atoms with Crippen molar-refractivity contribution in [3.05, 3.63) is 0 Å². The maximum Gasteiger partial charge on any atom is 0.0782 e. The summed E-state index contributed by atoms with van der Waals surface area (Å²) in [5.41, 5.74) is 0. The number of nitrogens with zero attached hydrogens (tertiary/aromatic N) is 2. The summed E-state index contributed by atoms with van der Waals surface area (Å²) in [4.78, 5) is 0. The molecule has 0 N–H and O–H groups in total. The average molecular weight is 581 g/mol. The summed E-state index contributed by atoms with van der Waals surface area (Å²) in [7, 11) is 4.44. The van der Waals surface area contributed by atoms with Crippen LogP contribution < -0.4 is 0 Å². The predicted octanol–water partition coefficient (Wildman–Crippen LogP) is 8.67. The molecule has 0 atom stereocenters. The minimum atomic E-state index is -5.17. The molecule has 0 saturated carbocycles. The quantitative estimate of drug-likeness (QED) is 0.0495. The monoisotopic (exact) mass is 581 g/mol. The van der Waals surface area contributed by atoms with Crippen LogP contribution in [0.5, 0.6) is 0 Å². The van der Waals surface area contributed by atoms with E-state index in [2.05, 4.69) is 55.9 Å². The molecule has 0 heterocycles. The second-order valence-electron chi connectivity index (χ2n) is 12.8. The van der Waals surface area contributed by atoms with E-state index in [0.717, 1.165) is 0 Å². The minimum Gasteiger partial charge on any atom is -0.759 e. The van der Waals surface area contributed by atoms with Gasteiger partial charge in [0, 0.05) is 10.4 Å². The van der Waals surface area contributed by atoms with Gasteiger partial charge in [0.05, 0.1) is 54.4 Å². The van der Waals surface area contributed by atoms with Crippen molar-refractivity contribution in [3.63, 3.8) is 0 Å². The van der Waals surface area contributed by atoms with Crippen molar-refractivity contribution in [3.8, 4) is 0 Å². The van der Waals surface area contributed by atoms with Crippen LogP contribution in [0.1, 0.15) is 156 Å². The minimum absolute atomic E-state index is 1.23. The van der Waals surface area contributed by atoms with Crippen molar-refractivity contribution >= 4 is 10.4 Å². The molecule has 7 heteroatoms. The van der Waals surface area contributed by atoms with Crippen LogP contribution in [-0.2, 0) is 10.4 Å². The number of hydrogen-bond acceptors (Lipinski definition) is 4. The number of hydrogen-bond donors (Lipinski definition) is 0. The summed E-state index contributed by atoms with van der Waals surface area (Å²) >= 11 is 0. The van der Waals surface area contributed by atoms with Crippen LogP contribution in [0.2, 0.25) is 0 Å². The smallest absolute Gasteiger partial charge is 0.0782 e. The van der Waals surface area contributed by atoms with Crippen molar-refractivity contribution in [1.82, 2.24) is 0 Å². The van der Waals surface area contributed by atoms with E-state index < -0.39 is 10.4 Å². The highest BCUT2D eigenvalue weighted by atomic mass is 32.3. The van der Waals surface area contributed by atoms with Crippen LogP contribution in [-0.4, -0.2) is 80.9 Å². The summed E-state index contributed by atoms with van der Waals surface area (Å²) in [5, 5.41) is 0. The molecule has 0 fully saturated rings. The van der Waals surface area contributed by atoms with Gasteiger partial charge in [-0.3, -0.25) is 8.42 Å². The largest absolute Gasteiger partial charge is 0.759 e. The van der Waals surface area contributed by atoms with Crippen molar-refractivity contribution in [2.45, 2.75) is 156 Å². The third-order valence-corrected chi connectivity index (χ3v) is 7.47. The third kappa shape index (κ3) is 47.9. The van der Waals surface area contributed by atoms with Gasteiger partial charge in [-0.15, -0.1) is 0 Å². The highest BCUT2D eigenvalue weighted by Crippen LogP contribution is 2.11. The molecule has 0 aromatic carbocycles. The maximum absolute atomic E-state index is 8.52. The zero-order valence-corrected chi connectivity index (χ0v) is 28.7. The Kier molecular flexibility index (Phi) is 32.5. The molecule has 0 amide bonds. The molecule has 0 aromatic rings. The lowest BCUT2D eigenvalue weighted by Crippen LogP contribution is -2.41. The summed E-state index contributed by atoms with van der Waals surface area (Å²) in [5.74, 6) is 0. The predicted molar refractivity (Wildman–Crippen MR) is 169 cm³/mol. The van der Waals surface area contributed by atoms with Gasteiger partial charge < -0.3 is 18.1 Å². The van der Waals surface area contributed by atoms with Gasteiger partial charge >= 0.3 is 0 Å². The summed E-state index contributed by atoms with van der Waals surface area (Å²) < 4.78 is 36.6. The summed E-state index contributed by atoms with van der Waals surface area (Å²) in [6, 6.07) is 0.